The number of anilines is 2. The number of rotatable bonds is 5. The number of hydrogen-bond acceptors (Lipinski definition) is 7. The van der Waals surface area contributed by atoms with Crippen LogP contribution in [0.5, 0.6) is 0 Å². The summed E-state index contributed by atoms with van der Waals surface area (Å²) >= 11 is 1.28. The molecule has 40 heavy (non-hydrogen) atoms. The van der Waals surface area contributed by atoms with Crippen LogP contribution in [0.4, 0.5) is 17.1 Å². The first kappa shape index (κ1) is 24.2. The maximum absolute atomic E-state index is 14.7. The van der Waals surface area contributed by atoms with E-state index in [9.17, 15) is 24.5 Å². The van der Waals surface area contributed by atoms with Gasteiger partial charge < -0.3 is 10.2 Å². The van der Waals surface area contributed by atoms with Crippen LogP contribution in [-0.4, -0.2) is 34.5 Å². The van der Waals surface area contributed by atoms with Crippen molar-refractivity contribution in [3.63, 3.8) is 0 Å². The number of ketones is 2. The number of amides is 1. The molecule has 3 aliphatic heterocycles. The lowest BCUT2D eigenvalue weighted by atomic mass is 9.64. The van der Waals surface area contributed by atoms with Gasteiger partial charge in [0.2, 0.25) is 5.91 Å². The number of Topliss-reactive ketones (excluding diaryl/α,β-unsaturated/α-hetero) is 2. The average molecular weight is 548 g/mol. The first-order chi connectivity index (χ1) is 19.4. The highest BCUT2D eigenvalue weighted by atomic mass is 32.1. The van der Waals surface area contributed by atoms with Crippen molar-refractivity contribution in [2.24, 2.45) is 5.92 Å². The number of nitro groups is 1. The second kappa shape index (κ2) is 8.82. The number of hydrogen-bond donors (Lipinski definition) is 1. The fraction of sp³-hybridized carbons (Fsp3) is 0.129. The first-order valence-electron chi connectivity index (χ1n) is 12.8. The highest BCUT2D eigenvalue weighted by Crippen LogP contribution is 2.58. The number of non-ortho nitro benzene ring substituents is 1. The van der Waals surface area contributed by atoms with Gasteiger partial charge in [-0.25, -0.2) is 0 Å². The highest BCUT2D eigenvalue weighted by molar-refractivity contribution is 7.12. The van der Waals surface area contributed by atoms with Crippen molar-refractivity contribution in [3.8, 4) is 0 Å². The molecule has 8 nitrogen and oxygen atoms in total. The van der Waals surface area contributed by atoms with Gasteiger partial charge in [0.15, 0.2) is 11.6 Å². The highest BCUT2D eigenvalue weighted by Gasteiger charge is 2.70. The zero-order valence-electron chi connectivity index (χ0n) is 20.9. The Bertz CT molecular complexity index is 1760. The van der Waals surface area contributed by atoms with Crippen LogP contribution in [0.1, 0.15) is 31.2 Å². The largest absolute Gasteiger partial charge is 0.352 e. The molecule has 0 saturated carbocycles. The Kier molecular flexibility index (Phi) is 5.33. The second-order valence-electron chi connectivity index (χ2n) is 10.1. The molecular formula is C31H21N3O5S. The molecule has 9 heteroatoms. The molecule has 3 aliphatic rings. The molecule has 4 unspecified atom stereocenters. The second-order valence-corrected chi connectivity index (χ2v) is 11.0. The minimum absolute atomic E-state index is 0.0804. The lowest BCUT2D eigenvalue weighted by Crippen LogP contribution is -2.51. The van der Waals surface area contributed by atoms with Crippen molar-refractivity contribution in [1.82, 2.24) is 0 Å². The Balaban J connectivity index is 1.54. The predicted octanol–water partition coefficient (Wildman–Crippen LogP) is 5.51. The number of para-hydroxylation sites is 2. The van der Waals surface area contributed by atoms with Crippen LogP contribution in [0.15, 0.2) is 96.4 Å². The molecule has 1 N–H and O–H groups in total. The third-order valence-electron chi connectivity index (χ3n) is 8.20. The molecular weight excluding hydrogens is 526 g/mol. The third-order valence-corrected chi connectivity index (χ3v) is 9.08. The van der Waals surface area contributed by atoms with Gasteiger partial charge in [0.05, 0.1) is 21.8 Å². The van der Waals surface area contributed by atoms with Crippen molar-refractivity contribution in [1.29, 1.82) is 0 Å². The van der Waals surface area contributed by atoms with E-state index in [1.807, 2.05) is 59.5 Å². The minimum Gasteiger partial charge on any atom is -0.352 e. The summed E-state index contributed by atoms with van der Waals surface area (Å²) in [5.74, 6) is -2.32. The van der Waals surface area contributed by atoms with Crippen LogP contribution in [0.3, 0.4) is 0 Å². The van der Waals surface area contributed by atoms with Crippen molar-refractivity contribution in [3.05, 3.63) is 128 Å². The van der Waals surface area contributed by atoms with E-state index < -0.39 is 34.1 Å². The van der Waals surface area contributed by atoms with Gasteiger partial charge >= 0.3 is 0 Å². The first-order valence-corrected chi connectivity index (χ1v) is 13.6. The normalized spacial score (nSPS) is 23.9. The van der Waals surface area contributed by atoms with Gasteiger partial charge in [-0.05, 0) is 34.7 Å². The number of nitro benzene ring substituents is 1. The van der Waals surface area contributed by atoms with E-state index in [2.05, 4.69) is 5.32 Å². The Morgan fingerprint density at radius 2 is 1.75 bits per heavy atom. The molecule has 0 radical (unpaired) electrons. The number of carbonyl (C=O) groups excluding carboxylic acids is 3. The number of carbonyl (C=O) groups is 3. The smallest absolute Gasteiger partial charge is 0.270 e. The van der Waals surface area contributed by atoms with Gasteiger partial charge in [-0.1, -0.05) is 66.7 Å². The summed E-state index contributed by atoms with van der Waals surface area (Å²) in [4.78, 5) is 56.8. The quantitative estimate of drug-likeness (QED) is 0.200. The van der Waals surface area contributed by atoms with Gasteiger partial charge in [-0.3, -0.25) is 24.5 Å². The van der Waals surface area contributed by atoms with Gasteiger partial charge in [-0.2, -0.15) is 0 Å². The summed E-state index contributed by atoms with van der Waals surface area (Å²) in [6.07, 6.45) is 3.83. The summed E-state index contributed by atoms with van der Waals surface area (Å²) in [5, 5.41) is 16.4. The molecule has 4 heterocycles. The standard InChI is InChI=1S/C31H21N3O5S/c35-28(19-8-5-9-20(17-19)34(38)39)26-27(29(36)24-13-6-16-40-24)33-23-12-4-1-7-18(23)14-15-25(33)31(26)21-10-2-3-11-22(21)32-30(31)37/h1-17,25-27H,(H,32,37). The predicted molar refractivity (Wildman–Crippen MR) is 152 cm³/mol. The van der Waals surface area contributed by atoms with Gasteiger partial charge in [0, 0.05) is 29.1 Å². The minimum atomic E-state index is -1.46. The SMILES string of the molecule is O=C(c1cccs1)C1C(C(=O)c2cccc([N+](=O)[O-])c2)C2(C(=O)Nc3ccccc32)C2C=Cc3ccccc3N12. The Morgan fingerprint density at radius 3 is 2.55 bits per heavy atom. The molecule has 196 valence electrons. The number of benzene rings is 3. The Labute approximate surface area is 232 Å². The number of nitrogens with zero attached hydrogens (tertiary/aromatic N) is 2. The van der Waals surface area contributed by atoms with Crippen LogP contribution in [0.2, 0.25) is 0 Å². The van der Waals surface area contributed by atoms with Crippen LogP contribution in [0, 0.1) is 16.0 Å². The maximum atomic E-state index is 14.7. The van der Waals surface area contributed by atoms with Gasteiger partial charge in [0.25, 0.3) is 5.69 Å². The zero-order valence-corrected chi connectivity index (χ0v) is 21.7. The summed E-state index contributed by atoms with van der Waals surface area (Å²) < 4.78 is 0. The van der Waals surface area contributed by atoms with E-state index >= 15 is 0 Å². The van der Waals surface area contributed by atoms with Gasteiger partial charge in [0.1, 0.15) is 11.5 Å². The van der Waals surface area contributed by atoms with Crippen LogP contribution < -0.4 is 10.2 Å². The van der Waals surface area contributed by atoms with E-state index in [1.54, 1.807) is 23.6 Å². The molecule has 3 aromatic carbocycles. The molecule has 1 aromatic heterocycles. The van der Waals surface area contributed by atoms with E-state index in [1.165, 1.54) is 35.6 Å². The van der Waals surface area contributed by atoms with Crippen LogP contribution in [-0.2, 0) is 10.2 Å². The third kappa shape index (κ3) is 3.21. The summed E-state index contributed by atoms with van der Waals surface area (Å²) in [5.41, 5.74) is 1.21. The van der Waals surface area contributed by atoms with Crippen molar-refractivity contribution in [2.45, 2.75) is 17.5 Å². The Hall–Kier alpha value is -4.89. The zero-order chi connectivity index (χ0) is 27.6. The average Bonchev–Trinajstić information content (AvgIpc) is 3.69. The molecule has 0 aliphatic carbocycles. The summed E-state index contributed by atoms with van der Waals surface area (Å²) in [7, 11) is 0. The van der Waals surface area contributed by atoms with Crippen molar-refractivity contribution < 1.29 is 19.3 Å². The van der Waals surface area contributed by atoms with E-state index in [-0.39, 0.29) is 22.9 Å². The lowest BCUT2D eigenvalue weighted by molar-refractivity contribution is -0.384. The topological polar surface area (TPSA) is 110 Å². The van der Waals surface area contributed by atoms with E-state index in [4.69, 9.17) is 0 Å². The maximum Gasteiger partial charge on any atom is 0.270 e. The molecule has 7 rings (SSSR count). The summed E-state index contributed by atoms with van der Waals surface area (Å²) in [6, 6.07) is 22.1. The molecule has 4 aromatic rings. The summed E-state index contributed by atoms with van der Waals surface area (Å²) in [6.45, 7) is 0. The number of nitrogens with one attached hydrogen (secondary N) is 1. The van der Waals surface area contributed by atoms with Crippen molar-refractivity contribution in [2.75, 3.05) is 10.2 Å². The monoisotopic (exact) mass is 547 g/mol. The number of thiophene rings is 1. The Morgan fingerprint density at radius 1 is 0.950 bits per heavy atom. The van der Waals surface area contributed by atoms with Crippen LogP contribution in [0.25, 0.3) is 6.08 Å². The molecule has 1 fully saturated rings. The molecule has 1 amide bonds. The van der Waals surface area contributed by atoms with E-state index in [0.717, 1.165) is 11.3 Å². The van der Waals surface area contributed by atoms with Gasteiger partial charge in [-0.15, -0.1) is 11.3 Å². The molecule has 1 spiro atoms. The molecule has 1 saturated heterocycles. The molecule has 4 atom stereocenters. The van der Waals surface area contributed by atoms with Crippen LogP contribution >= 0.6 is 11.3 Å². The lowest BCUT2D eigenvalue weighted by Gasteiger charge is -2.37. The van der Waals surface area contributed by atoms with Crippen molar-refractivity contribution >= 4 is 51.9 Å². The van der Waals surface area contributed by atoms with E-state index in [0.29, 0.717) is 16.1 Å². The molecule has 0 bridgehead atoms. The number of fused-ring (bicyclic) bond motifs is 6. The fourth-order valence-corrected chi connectivity index (χ4v) is 7.33. The fourth-order valence-electron chi connectivity index (χ4n) is 6.64.